The predicted molar refractivity (Wildman–Crippen MR) is 68.6 cm³/mol. The van der Waals surface area contributed by atoms with Crippen LogP contribution in [0.5, 0.6) is 0 Å². The number of hydrogen-bond acceptors (Lipinski definition) is 4. The molecule has 4 N–H and O–H groups in total. The molecule has 0 fully saturated rings. The molecule has 0 bridgehead atoms. The van der Waals surface area contributed by atoms with Crippen molar-refractivity contribution in [1.82, 2.24) is 10.2 Å². The third kappa shape index (κ3) is 4.63. The average Bonchev–Trinajstić information content (AvgIpc) is 2.87. The van der Waals surface area contributed by atoms with Crippen LogP contribution in [0.15, 0.2) is 22.8 Å². The molecular formula is C12H17N3O5. The Morgan fingerprint density at radius 1 is 1.50 bits per heavy atom. The van der Waals surface area contributed by atoms with Crippen molar-refractivity contribution in [2.75, 3.05) is 6.54 Å². The van der Waals surface area contributed by atoms with Crippen molar-refractivity contribution in [2.24, 2.45) is 5.73 Å². The molecule has 0 aliphatic rings. The number of carbonyl (C=O) groups is 3. The number of nitrogens with zero attached hydrogens (tertiary/aromatic N) is 1. The van der Waals surface area contributed by atoms with Crippen molar-refractivity contribution in [3.63, 3.8) is 0 Å². The minimum atomic E-state index is -1.34. The summed E-state index contributed by atoms with van der Waals surface area (Å²) in [6.07, 6.45) is 1.02. The zero-order valence-electron chi connectivity index (χ0n) is 11.0. The Bertz CT molecular complexity index is 471. The molecule has 0 spiro atoms. The first-order valence-electron chi connectivity index (χ1n) is 6.03. The molecule has 8 nitrogen and oxygen atoms in total. The molecule has 1 unspecified atom stereocenters. The smallest absolute Gasteiger partial charge is 0.326 e. The van der Waals surface area contributed by atoms with Gasteiger partial charge in [0.25, 0.3) is 0 Å². The van der Waals surface area contributed by atoms with E-state index in [1.165, 1.54) is 11.2 Å². The number of rotatable bonds is 7. The lowest BCUT2D eigenvalue weighted by Crippen LogP contribution is -2.49. The minimum Gasteiger partial charge on any atom is -0.480 e. The van der Waals surface area contributed by atoms with Crippen LogP contribution >= 0.6 is 0 Å². The lowest BCUT2D eigenvalue weighted by Gasteiger charge is -2.22. The first kappa shape index (κ1) is 15.5. The van der Waals surface area contributed by atoms with Crippen LogP contribution in [-0.2, 0) is 16.1 Å². The molecule has 110 valence electrons. The molecule has 1 heterocycles. The summed E-state index contributed by atoms with van der Waals surface area (Å²) < 4.78 is 5.12. The molecule has 8 heteroatoms. The number of aliphatic carboxylic acids is 1. The minimum absolute atomic E-state index is 0.207. The van der Waals surface area contributed by atoms with E-state index in [9.17, 15) is 14.4 Å². The molecule has 1 aromatic rings. The summed E-state index contributed by atoms with van der Waals surface area (Å²) in [5.41, 5.74) is 4.94. The lowest BCUT2D eigenvalue weighted by atomic mass is 10.2. The molecule has 1 atom stereocenters. The summed E-state index contributed by atoms with van der Waals surface area (Å²) in [7, 11) is 0. The first-order chi connectivity index (χ1) is 9.43. The molecule has 3 amide bonds. The van der Waals surface area contributed by atoms with Crippen LogP contribution in [0.25, 0.3) is 0 Å². The maximum absolute atomic E-state index is 12.0. The molecule has 0 saturated heterocycles. The van der Waals surface area contributed by atoms with E-state index in [2.05, 4.69) is 5.32 Å². The van der Waals surface area contributed by atoms with Gasteiger partial charge in [0, 0.05) is 6.54 Å². The number of urea groups is 1. The average molecular weight is 283 g/mol. The third-order valence-corrected chi connectivity index (χ3v) is 2.60. The Labute approximate surface area is 115 Å². The summed E-state index contributed by atoms with van der Waals surface area (Å²) in [6.45, 7) is 2.31. The summed E-state index contributed by atoms with van der Waals surface area (Å²) >= 11 is 0. The van der Waals surface area contributed by atoms with Gasteiger partial charge < -0.3 is 25.5 Å². The van der Waals surface area contributed by atoms with Crippen LogP contribution in [0.3, 0.4) is 0 Å². The Morgan fingerprint density at radius 2 is 2.20 bits per heavy atom. The number of carboxylic acid groups (broad SMARTS) is 1. The molecule has 0 aromatic carbocycles. The van der Waals surface area contributed by atoms with Gasteiger partial charge >= 0.3 is 12.0 Å². The van der Waals surface area contributed by atoms with Gasteiger partial charge in [-0.1, -0.05) is 0 Å². The molecule has 0 aliphatic heterocycles. The molecule has 0 radical (unpaired) electrons. The second-order valence-corrected chi connectivity index (χ2v) is 4.10. The van der Waals surface area contributed by atoms with Crippen molar-refractivity contribution in [1.29, 1.82) is 0 Å². The highest BCUT2D eigenvalue weighted by Gasteiger charge is 2.24. The number of hydrogen-bond donors (Lipinski definition) is 3. The van der Waals surface area contributed by atoms with Crippen LogP contribution in [0, 0.1) is 0 Å². The van der Waals surface area contributed by atoms with Crippen molar-refractivity contribution in [2.45, 2.75) is 25.9 Å². The molecule has 20 heavy (non-hydrogen) atoms. The van der Waals surface area contributed by atoms with Crippen LogP contribution in [0.4, 0.5) is 4.79 Å². The number of carbonyl (C=O) groups excluding carboxylic acids is 2. The Kier molecular flexibility index (Phi) is 5.57. The van der Waals surface area contributed by atoms with Crippen molar-refractivity contribution < 1.29 is 23.9 Å². The standard InChI is InChI=1S/C12H17N3O5/c1-2-15(7-8-4-3-5-20-8)12(19)14-9(11(17)18)6-10(13)16/h3-5,9H,2,6-7H2,1H3,(H2,13,16)(H,14,19)(H,17,18). The fourth-order valence-corrected chi connectivity index (χ4v) is 1.56. The van der Waals surface area contributed by atoms with Crippen molar-refractivity contribution in [3.8, 4) is 0 Å². The Balaban J connectivity index is 2.65. The third-order valence-electron chi connectivity index (χ3n) is 2.60. The van der Waals surface area contributed by atoms with E-state index >= 15 is 0 Å². The Morgan fingerprint density at radius 3 is 2.65 bits per heavy atom. The quantitative estimate of drug-likeness (QED) is 0.656. The summed E-state index contributed by atoms with van der Waals surface area (Å²) in [5.74, 6) is -1.54. The van der Waals surface area contributed by atoms with E-state index < -0.39 is 30.4 Å². The monoisotopic (exact) mass is 283 g/mol. The second-order valence-electron chi connectivity index (χ2n) is 4.10. The van der Waals surface area contributed by atoms with Gasteiger partial charge in [0.1, 0.15) is 11.8 Å². The van der Waals surface area contributed by atoms with Gasteiger partial charge in [0.15, 0.2) is 0 Å². The molecular weight excluding hydrogens is 266 g/mol. The van der Waals surface area contributed by atoms with Crippen LogP contribution in [0.1, 0.15) is 19.1 Å². The highest BCUT2D eigenvalue weighted by molar-refractivity contribution is 5.87. The zero-order chi connectivity index (χ0) is 15.1. The second kappa shape index (κ2) is 7.17. The number of carboxylic acids is 1. The molecule has 0 aliphatic carbocycles. The number of nitrogens with one attached hydrogen (secondary N) is 1. The van der Waals surface area contributed by atoms with Gasteiger partial charge in [-0.15, -0.1) is 0 Å². The van der Waals surface area contributed by atoms with Gasteiger partial charge in [-0.3, -0.25) is 4.79 Å². The van der Waals surface area contributed by atoms with Gasteiger partial charge in [-0.05, 0) is 19.1 Å². The number of amides is 3. The normalized spacial score (nSPS) is 11.7. The maximum atomic E-state index is 12.0. The molecule has 0 saturated carbocycles. The number of furan rings is 1. The largest absolute Gasteiger partial charge is 0.480 e. The van der Waals surface area contributed by atoms with Crippen molar-refractivity contribution in [3.05, 3.63) is 24.2 Å². The van der Waals surface area contributed by atoms with Gasteiger partial charge in [-0.25, -0.2) is 9.59 Å². The van der Waals surface area contributed by atoms with Crippen molar-refractivity contribution >= 4 is 17.9 Å². The molecule has 1 aromatic heterocycles. The van der Waals surface area contributed by atoms with Gasteiger partial charge in [0.05, 0.1) is 19.2 Å². The SMILES string of the molecule is CCN(Cc1ccco1)C(=O)NC(CC(N)=O)C(=O)O. The fraction of sp³-hybridized carbons (Fsp3) is 0.417. The summed E-state index contributed by atoms with van der Waals surface area (Å²) in [6, 6.07) is 1.45. The molecule has 1 rings (SSSR count). The lowest BCUT2D eigenvalue weighted by molar-refractivity contribution is -0.140. The fourth-order valence-electron chi connectivity index (χ4n) is 1.56. The van der Waals surface area contributed by atoms with E-state index in [0.29, 0.717) is 12.3 Å². The predicted octanol–water partition coefficient (Wildman–Crippen LogP) is 0.140. The number of nitrogens with two attached hydrogens (primary N) is 1. The van der Waals surface area contributed by atoms with Gasteiger partial charge in [0.2, 0.25) is 5.91 Å². The van der Waals surface area contributed by atoms with Crippen LogP contribution < -0.4 is 11.1 Å². The summed E-state index contributed by atoms with van der Waals surface area (Å²) in [5, 5.41) is 11.2. The first-order valence-corrected chi connectivity index (χ1v) is 6.03. The number of primary amides is 1. The Hall–Kier alpha value is -2.51. The van der Waals surface area contributed by atoms with E-state index in [0.717, 1.165) is 0 Å². The summed E-state index contributed by atoms with van der Waals surface area (Å²) in [4.78, 5) is 35.0. The van der Waals surface area contributed by atoms with Crippen LogP contribution in [0.2, 0.25) is 0 Å². The van der Waals surface area contributed by atoms with E-state index in [4.69, 9.17) is 15.3 Å². The highest BCUT2D eigenvalue weighted by Crippen LogP contribution is 2.06. The van der Waals surface area contributed by atoms with E-state index in [1.807, 2.05) is 0 Å². The highest BCUT2D eigenvalue weighted by atomic mass is 16.4. The van der Waals surface area contributed by atoms with E-state index in [1.54, 1.807) is 19.1 Å². The van der Waals surface area contributed by atoms with Crippen LogP contribution in [-0.4, -0.2) is 40.5 Å². The van der Waals surface area contributed by atoms with E-state index in [-0.39, 0.29) is 6.54 Å². The zero-order valence-corrected chi connectivity index (χ0v) is 11.0. The topological polar surface area (TPSA) is 126 Å². The maximum Gasteiger partial charge on any atom is 0.326 e. The van der Waals surface area contributed by atoms with Gasteiger partial charge in [-0.2, -0.15) is 0 Å².